The molecule has 0 aliphatic carbocycles. The smallest absolute Gasteiger partial charge is 0.246 e. The van der Waals surface area contributed by atoms with Gasteiger partial charge >= 0.3 is 0 Å². The Bertz CT molecular complexity index is 1020. The number of sulfonamides is 1. The summed E-state index contributed by atoms with van der Waals surface area (Å²) < 4.78 is 41.4. The van der Waals surface area contributed by atoms with Gasteiger partial charge in [-0.1, -0.05) is 0 Å². The Kier molecular flexibility index (Phi) is 6.27. The molecule has 2 aliphatic rings. The molecule has 9 heteroatoms. The molecule has 1 atom stereocenters. The Morgan fingerprint density at radius 3 is 2.52 bits per heavy atom. The first kappa shape index (κ1) is 22.1. The summed E-state index contributed by atoms with van der Waals surface area (Å²) in [6, 6.07) is 6.98. The molecule has 3 heterocycles. The van der Waals surface area contributed by atoms with Crippen molar-refractivity contribution in [3.05, 3.63) is 36.2 Å². The third-order valence-electron chi connectivity index (χ3n) is 6.66. The van der Waals surface area contributed by atoms with E-state index in [1.54, 1.807) is 22.5 Å². The molecule has 0 bridgehead atoms. The molecule has 0 N–H and O–H groups in total. The van der Waals surface area contributed by atoms with Crippen molar-refractivity contribution in [1.29, 1.82) is 0 Å². The van der Waals surface area contributed by atoms with Crippen LogP contribution in [-0.4, -0.2) is 67.8 Å². The van der Waals surface area contributed by atoms with Crippen LogP contribution in [0.1, 0.15) is 31.4 Å². The van der Waals surface area contributed by atoms with E-state index in [-0.39, 0.29) is 10.3 Å². The topological polar surface area (TPSA) is 76.9 Å². The standard InChI is InChI=1S/C22H32N4O4S/c1-24-18(8-11-23-24)15-25-12-4-9-22(16-25)10-5-13-26(17-22)31(27,28)21-14-19(29-2)6-7-20(21)30-3/h6-8,11,14H,4-5,9-10,12-13,15-17H2,1-3H3. The van der Waals surface area contributed by atoms with Gasteiger partial charge in [0.15, 0.2) is 0 Å². The van der Waals surface area contributed by atoms with Crippen LogP contribution >= 0.6 is 0 Å². The molecular formula is C22H32N4O4S. The Morgan fingerprint density at radius 1 is 1.06 bits per heavy atom. The Balaban J connectivity index is 1.55. The minimum atomic E-state index is -3.69. The number of ether oxygens (including phenoxy) is 2. The first-order chi connectivity index (χ1) is 14.9. The average Bonchev–Trinajstić information content (AvgIpc) is 3.17. The zero-order chi connectivity index (χ0) is 22.1. The summed E-state index contributed by atoms with van der Waals surface area (Å²) in [5.74, 6) is 0.855. The van der Waals surface area contributed by atoms with Crippen LogP contribution in [0.2, 0.25) is 0 Å². The number of rotatable bonds is 6. The second-order valence-electron chi connectivity index (χ2n) is 8.72. The van der Waals surface area contributed by atoms with Crippen molar-refractivity contribution in [3.8, 4) is 11.5 Å². The van der Waals surface area contributed by atoms with Gasteiger partial charge in [0.05, 0.1) is 19.9 Å². The highest BCUT2D eigenvalue weighted by atomic mass is 32.2. The van der Waals surface area contributed by atoms with Gasteiger partial charge in [-0.25, -0.2) is 8.42 Å². The predicted octanol–water partition coefficient (Wildman–Crippen LogP) is 2.50. The summed E-state index contributed by atoms with van der Waals surface area (Å²) in [4.78, 5) is 2.62. The molecule has 4 rings (SSSR count). The fraction of sp³-hybridized carbons (Fsp3) is 0.591. The highest BCUT2D eigenvalue weighted by molar-refractivity contribution is 7.89. The normalized spacial score (nSPS) is 23.2. The third-order valence-corrected chi connectivity index (χ3v) is 8.53. The highest BCUT2D eigenvalue weighted by Gasteiger charge is 2.43. The maximum absolute atomic E-state index is 13.6. The lowest BCUT2D eigenvalue weighted by molar-refractivity contribution is 0.0351. The van der Waals surface area contributed by atoms with E-state index in [4.69, 9.17) is 9.47 Å². The predicted molar refractivity (Wildman–Crippen MR) is 118 cm³/mol. The molecule has 2 aromatic rings. The minimum Gasteiger partial charge on any atom is -0.497 e. The van der Waals surface area contributed by atoms with Crippen LogP contribution < -0.4 is 9.47 Å². The van der Waals surface area contributed by atoms with Gasteiger partial charge in [-0.2, -0.15) is 9.40 Å². The summed E-state index contributed by atoms with van der Waals surface area (Å²) >= 11 is 0. The van der Waals surface area contributed by atoms with Crippen molar-refractivity contribution in [2.24, 2.45) is 12.5 Å². The average molecular weight is 449 g/mol. The number of nitrogens with zero attached hydrogens (tertiary/aromatic N) is 4. The van der Waals surface area contributed by atoms with E-state index in [1.807, 2.05) is 24.0 Å². The maximum atomic E-state index is 13.6. The third kappa shape index (κ3) is 4.44. The molecule has 31 heavy (non-hydrogen) atoms. The van der Waals surface area contributed by atoms with Gasteiger partial charge in [-0.3, -0.25) is 9.58 Å². The quantitative estimate of drug-likeness (QED) is 0.676. The number of hydrogen-bond acceptors (Lipinski definition) is 6. The van der Waals surface area contributed by atoms with Crippen molar-refractivity contribution < 1.29 is 17.9 Å². The first-order valence-corrected chi connectivity index (χ1v) is 12.2. The van der Waals surface area contributed by atoms with Crippen LogP contribution in [0, 0.1) is 5.41 Å². The first-order valence-electron chi connectivity index (χ1n) is 10.8. The van der Waals surface area contributed by atoms with Gasteiger partial charge in [0, 0.05) is 45.5 Å². The summed E-state index contributed by atoms with van der Waals surface area (Å²) in [6.45, 7) is 3.85. The van der Waals surface area contributed by atoms with Gasteiger partial charge < -0.3 is 9.47 Å². The number of aryl methyl sites for hydroxylation is 1. The van der Waals surface area contributed by atoms with Crippen molar-refractivity contribution in [2.45, 2.75) is 37.1 Å². The van der Waals surface area contributed by atoms with Crippen LogP contribution in [-0.2, 0) is 23.6 Å². The van der Waals surface area contributed by atoms with Crippen molar-refractivity contribution in [2.75, 3.05) is 40.4 Å². The van der Waals surface area contributed by atoms with Crippen molar-refractivity contribution in [3.63, 3.8) is 0 Å². The molecular weight excluding hydrogens is 416 g/mol. The number of aromatic nitrogens is 2. The molecule has 0 saturated carbocycles. The number of hydrogen-bond donors (Lipinski definition) is 0. The zero-order valence-electron chi connectivity index (χ0n) is 18.6. The summed E-state index contributed by atoms with van der Waals surface area (Å²) in [6.07, 6.45) is 5.87. The van der Waals surface area contributed by atoms with Gasteiger partial charge in [0.1, 0.15) is 16.4 Å². The lowest BCUT2D eigenvalue weighted by atomic mass is 9.74. The lowest BCUT2D eigenvalue weighted by Crippen LogP contribution is -2.53. The second-order valence-corrected chi connectivity index (χ2v) is 10.6. The van der Waals surface area contributed by atoms with E-state index in [9.17, 15) is 8.42 Å². The molecule has 0 radical (unpaired) electrons. The largest absolute Gasteiger partial charge is 0.497 e. The molecule has 2 saturated heterocycles. The van der Waals surface area contributed by atoms with Crippen molar-refractivity contribution in [1.82, 2.24) is 19.0 Å². The van der Waals surface area contributed by atoms with E-state index < -0.39 is 10.0 Å². The van der Waals surface area contributed by atoms with Crippen LogP contribution in [0.4, 0.5) is 0 Å². The monoisotopic (exact) mass is 448 g/mol. The van der Waals surface area contributed by atoms with E-state index in [1.165, 1.54) is 19.9 Å². The lowest BCUT2D eigenvalue weighted by Gasteiger charge is -2.48. The van der Waals surface area contributed by atoms with Gasteiger partial charge in [-0.05, 0) is 55.8 Å². The number of methoxy groups -OCH3 is 2. The Morgan fingerprint density at radius 2 is 1.84 bits per heavy atom. The molecule has 0 amide bonds. The van der Waals surface area contributed by atoms with Crippen LogP contribution in [0.3, 0.4) is 0 Å². The Labute approximate surface area is 184 Å². The van der Waals surface area contributed by atoms with Crippen LogP contribution in [0.25, 0.3) is 0 Å². The molecule has 8 nitrogen and oxygen atoms in total. The maximum Gasteiger partial charge on any atom is 0.246 e. The van der Waals surface area contributed by atoms with Gasteiger partial charge in [-0.15, -0.1) is 0 Å². The highest BCUT2D eigenvalue weighted by Crippen LogP contribution is 2.41. The molecule has 2 aliphatic heterocycles. The molecule has 1 aromatic heterocycles. The van der Waals surface area contributed by atoms with E-state index >= 15 is 0 Å². The summed E-state index contributed by atoms with van der Waals surface area (Å²) in [7, 11) is 1.30. The SMILES string of the molecule is COc1ccc(OC)c(S(=O)(=O)N2CCCC3(CCCN(Cc4ccnn4C)C3)C2)c1. The van der Waals surface area contributed by atoms with Crippen LogP contribution in [0.15, 0.2) is 35.4 Å². The summed E-state index contributed by atoms with van der Waals surface area (Å²) in [5, 5.41) is 4.27. The minimum absolute atomic E-state index is 0.0196. The summed E-state index contributed by atoms with van der Waals surface area (Å²) in [5.41, 5.74) is 1.16. The molecule has 2 fully saturated rings. The molecule has 1 spiro atoms. The molecule has 170 valence electrons. The molecule has 1 aromatic carbocycles. The number of piperidine rings is 2. The fourth-order valence-corrected chi connectivity index (χ4v) is 6.82. The van der Waals surface area contributed by atoms with Gasteiger partial charge in [0.2, 0.25) is 10.0 Å². The van der Waals surface area contributed by atoms with E-state index in [0.29, 0.717) is 24.6 Å². The van der Waals surface area contributed by atoms with Crippen LogP contribution in [0.5, 0.6) is 11.5 Å². The Hall–Kier alpha value is -2.10. The fourth-order valence-electron chi connectivity index (χ4n) is 5.06. The van der Waals surface area contributed by atoms with Crippen molar-refractivity contribution >= 4 is 10.0 Å². The van der Waals surface area contributed by atoms with E-state index in [2.05, 4.69) is 10.00 Å². The second kappa shape index (κ2) is 8.80. The molecule has 1 unspecified atom stereocenters. The number of likely N-dealkylation sites (tertiary alicyclic amines) is 1. The van der Waals surface area contributed by atoms with Gasteiger partial charge in [0.25, 0.3) is 0 Å². The number of benzene rings is 1. The zero-order valence-corrected chi connectivity index (χ0v) is 19.4. The van der Waals surface area contributed by atoms with E-state index in [0.717, 1.165) is 45.3 Å².